The maximum Gasteiger partial charge on any atom is 0.270 e. The van der Waals surface area contributed by atoms with Gasteiger partial charge < -0.3 is 10.6 Å². The molecule has 1 amide bonds. The van der Waals surface area contributed by atoms with Crippen molar-refractivity contribution in [1.82, 2.24) is 15.3 Å². The van der Waals surface area contributed by atoms with Gasteiger partial charge in [0.1, 0.15) is 17.8 Å². The Balaban J connectivity index is 1.72. The third kappa shape index (κ3) is 3.99. The van der Waals surface area contributed by atoms with Gasteiger partial charge in [-0.15, -0.1) is 0 Å². The Labute approximate surface area is 140 Å². The molecule has 1 fully saturated rings. The topological polar surface area (TPSA) is 66.9 Å². The molecule has 120 valence electrons. The van der Waals surface area contributed by atoms with Gasteiger partial charge in [0.2, 0.25) is 0 Å². The summed E-state index contributed by atoms with van der Waals surface area (Å²) in [5.41, 5.74) is 2.28. The average molecular weight is 331 g/mol. The smallest absolute Gasteiger partial charge is 0.270 e. The van der Waals surface area contributed by atoms with Crippen molar-refractivity contribution < 1.29 is 4.79 Å². The molecule has 0 aliphatic heterocycles. The summed E-state index contributed by atoms with van der Waals surface area (Å²) in [6.45, 7) is 1.96. The van der Waals surface area contributed by atoms with Crippen molar-refractivity contribution in [2.24, 2.45) is 0 Å². The van der Waals surface area contributed by atoms with Gasteiger partial charge in [0.05, 0.1) is 0 Å². The Morgan fingerprint density at radius 3 is 2.74 bits per heavy atom. The minimum atomic E-state index is -0.143. The molecule has 1 saturated carbocycles. The van der Waals surface area contributed by atoms with Gasteiger partial charge in [-0.1, -0.05) is 24.4 Å². The first-order valence-corrected chi connectivity index (χ1v) is 8.16. The first kappa shape index (κ1) is 15.7. The van der Waals surface area contributed by atoms with Crippen molar-refractivity contribution in [2.45, 2.75) is 38.6 Å². The van der Waals surface area contributed by atoms with E-state index in [1.54, 1.807) is 6.07 Å². The van der Waals surface area contributed by atoms with Crippen molar-refractivity contribution in [3.8, 4) is 0 Å². The molecule has 2 aromatic rings. The zero-order chi connectivity index (χ0) is 16.2. The molecule has 0 unspecified atom stereocenters. The van der Waals surface area contributed by atoms with Gasteiger partial charge in [0, 0.05) is 22.8 Å². The van der Waals surface area contributed by atoms with Gasteiger partial charge in [0.25, 0.3) is 5.91 Å². The van der Waals surface area contributed by atoms with Crippen molar-refractivity contribution in [1.29, 1.82) is 0 Å². The maximum atomic E-state index is 12.3. The van der Waals surface area contributed by atoms with E-state index in [-0.39, 0.29) is 11.9 Å². The van der Waals surface area contributed by atoms with Crippen LogP contribution in [0.2, 0.25) is 5.02 Å². The van der Waals surface area contributed by atoms with E-state index in [1.165, 1.54) is 19.2 Å². The number of carbonyl (C=O) groups is 1. The Kier molecular flexibility index (Phi) is 4.76. The van der Waals surface area contributed by atoms with E-state index in [0.29, 0.717) is 16.5 Å². The molecule has 1 aromatic heterocycles. The highest BCUT2D eigenvalue weighted by molar-refractivity contribution is 6.30. The average Bonchev–Trinajstić information content (AvgIpc) is 3.03. The Morgan fingerprint density at radius 2 is 2.00 bits per heavy atom. The fourth-order valence-electron chi connectivity index (χ4n) is 2.78. The fraction of sp³-hybridized carbons (Fsp3) is 0.353. The Morgan fingerprint density at radius 1 is 1.22 bits per heavy atom. The van der Waals surface area contributed by atoms with Crippen LogP contribution in [-0.4, -0.2) is 21.9 Å². The highest BCUT2D eigenvalue weighted by Gasteiger charge is 2.19. The van der Waals surface area contributed by atoms with Gasteiger partial charge in [-0.3, -0.25) is 4.79 Å². The van der Waals surface area contributed by atoms with Crippen LogP contribution in [-0.2, 0) is 0 Å². The fourth-order valence-corrected chi connectivity index (χ4v) is 3.01. The predicted molar refractivity (Wildman–Crippen MR) is 91.2 cm³/mol. The first-order valence-electron chi connectivity index (χ1n) is 7.78. The molecule has 5 nitrogen and oxygen atoms in total. The molecular weight excluding hydrogens is 312 g/mol. The third-order valence-corrected chi connectivity index (χ3v) is 4.28. The van der Waals surface area contributed by atoms with E-state index >= 15 is 0 Å². The number of anilines is 2. The standard InChI is InChI=1S/C17H19ClN4O/c1-11-8-12(18)6-7-14(11)22-16-9-15(19-10-20-16)17(23)21-13-4-2-3-5-13/h6-10,13H,2-5H2,1H3,(H,21,23)(H,19,20,22). The molecular formula is C17H19ClN4O. The number of nitrogens with zero attached hydrogens (tertiary/aromatic N) is 2. The van der Waals surface area contributed by atoms with E-state index < -0.39 is 0 Å². The van der Waals surface area contributed by atoms with Crippen LogP contribution in [0.3, 0.4) is 0 Å². The van der Waals surface area contributed by atoms with E-state index in [4.69, 9.17) is 11.6 Å². The third-order valence-electron chi connectivity index (χ3n) is 4.04. The number of hydrogen-bond donors (Lipinski definition) is 2. The van der Waals surface area contributed by atoms with Gasteiger partial charge in [-0.05, 0) is 43.5 Å². The number of carbonyl (C=O) groups excluding carboxylic acids is 1. The van der Waals surface area contributed by atoms with Crippen LogP contribution in [0, 0.1) is 6.92 Å². The van der Waals surface area contributed by atoms with Crippen LogP contribution in [0.1, 0.15) is 41.7 Å². The lowest BCUT2D eigenvalue weighted by Crippen LogP contribution is -2.33. The highest BCUT2D eigenvalue weighted by atomic mass is 35.5. The lowest BCUT2D eigenvalue weighted by Gasteiger charge is -2.12. The summed E-state index contributed by atoms with van der Waals surface area (Å²) < 4.78 is 0. The van der Waals surface area contributed by atoms with Gasteiger partial charge >= 0.3 is 0 Å². The number of aromatic nitrogens is 2. The lowest BCUT2D eigenvalue weighted by molar-refractivity contribution is 0.0932. The van der Waals surface area contributed by atoms with Crippen molar-refractivity contribution in [2.75, 3.05) is 5.32 Å². The van der Waals surface area contributed by atoms with Crippen LogP contribution in [0.15, 0.2) is 30.6 Å². The van der Waals surface area contributed by atoms with Gasteiger partial charge in [-0.2, -0.15) is 0 Å². The quantitative estimate of drug-likeness (QED) is 0.893. The number of nitrogens with one attached hydrogen (secondary N) is 2. The number of halogens is 1. The lowest BCUT2D eigenvalue weighted by atomic mass is 10.2. The normalized spacial score (nSPS) is 14.7. The molecule has 0 atom stereocenters. The molecule has 3 rings (SSSR count). The number of amides is 1. The molecule has 2 N–H and O–H groups in total. The van der Waals surface area contributed by atoms with Crippen LogP contribution >= 0.6 is 11.6 Å². The summed E-state index contributed by atoms with van der Waals surface area (Å²) in [5.74, 6) is 0.442. The van der Waals surface area contributed by atoms with Crippen molar-refractivity contribution in [3.05, 3.63) is 46.9 Å². The summed E-state index contributed by atoms with van der Waals surface area (Å²) in [4.78, 5) is 20.5. The molecule has 0 radical (unpaired) electrons. The van der Waals surface area contributed by atoms with E-state index in [1.807, 2.05) is 25.1 Å². The summed E-state index contributed by atoms with van der Waals surface area (Å²) >= 11 is 5.96. The van der Waals surface area contributed by atoms with E-state index in [9.17, 15) is 4.79 Å². The largest absolute Gasteiger partial charge is 0.348 e. The van der Waals surface area contributed by atoms with Crippen molar-refractivity contribution in [3.63, 3.8) is 0 Å². The molecule has 23 heavy (non-hydrogen) atoms. The monoisotopic (exact) mass is 330 g/mol. The number of hydrogen-bond acceptors (Lipinski definition) is 4. The van der Waals surface area contributed by atoms with E-state index in [2.05, 4.69) is 20.6 Å². The molecule has 0 bridgehead atoms. The Bertz CT molecular complexity index is 713. The van der Waals surface area contributed by atoms with E-state index in [0.717, 1.165) is 24.1 Å². The molecule has 6 heteroatoms. The first-order chi connectivity index (χ1) is 11.1. The molecule has 1 aromatic carbocycles. The molecule has 1 heterocycles. The minimum absolute atomic E-state index is 0.143. The number of aryl methyl sites for hydroxylation is 1. The number of rotatable bonds is 4. The van der Waals surface area contributed by atoms with Crippen LogP contribution in [0.25, 0.3) is 0 Å². The van der Waals surface area contributed by atoms with Gasteiger partial charge in [0.15, 0.2) is 0 Å². The zero-order valence-electron chi connectivity index (χ0n) is 13.0. The molecule has 0 saturated heterocycles. The van der Waals surface area contributed by atoms with Gasteiger partial charge in [-0.25, -0.2) is 9.97 Å². The maximum absolute atomic E-state index is 12.3. The SMILES string of the molecule is Cc1cc(Cl)ccc1Nc1cc(C(=O)NC2CCCC2)ncn1. The highest BCUT2D eigenvalue weighted by Crippen LogP contribution is 2.23. The molecule has 0 spiro atoms. The predicted octanol–water partition coefficient (Wildman–Crippen LogP) is 3.85. The molecule has 1 aliphatic carbocycles. The van der Waals surface area contributed by atoms with Crippen LogP contribution in [0.4, 0.5) is 11.5 Å². The second-order valence-corrected chi connectivity index (χ2v) is 6.26. The molecule has 1 aliphatic rings. The second kappa shape index (κ2) is 6.96. The second-order valence-electron chi connectivity index (χ2n) is 5.83. The summed E-state index contributed by atoms with van der Waals surface area (Å²) in [5, 5.41) is 6.92. The zero-order valence-corrected chi connectivity index (χ0v) is 13.7. The van der Waals surface area contributed by atoms with Crippen LogP contribution < -0.4 is 10.6 Å². The summed E-state index contributed by atoms with van der Waals surface area (Å²) in [6, 6.07) is 7.51. The number of benzene rings is 1. The summed E-state index contributed by atoms with van der Waals surface area (Å²) in [6.07, 6.45) is 5.85. The van der Waals surface area contributed by atoms with Crippen LogP contribution in [0.5, 0.6) is 0 Å². The summed E-state index contributed by atoms with van der Waals surface area (Å²) in [7, 11) is 0. The van der Waals surface area contributed by atoms with Crippen molar-refractivity contribution >= 4 is 29.0 Å². The minimum Gasteiger partial charge on any atom is -0.348 e. The Hall–Kier alpha value is -2.14.